The first-order valence-electron chi connectivity index (χ1n) is 8.05. The molecule has 2 N–H and O–H groups in total. The Morgan fingerprint density at radius 1 is 1.08 bits per heavy atom. The molecule has 140 valence electrons. The Morgan fingerprint density at radius 2 is 1.73 bits per heavy atom. The molecule has 0 spiro atoms. The fraction of sp³-hybridized carbons (Fsp3) is 0.278. The number of anilines is 1. The number of amides is 1. The number of carbonyl (C=O) groups excluding carboxylic acids is 1. The summed E-state index contributed by atoms with van der Waals surface area (Å²) in [4.78, 5) is 11.8. The molecule has 1 amide bonds. The smallest absolute Gasteiger partial charge is 0.255 e. The number of hydrogen-bond acceptors (Lipinski definition) is 3. The maximum Gasteiger partial charge on any atom is 0.255 e. The molecule has 0 aromatic heterocycles. The number of halogens is 2. The van der Waals surface area contributed by atoms with Gasteiger partial charge in [-0.3, -0.25) is 4.79 Å². The highest BCUT2D eigenvalue weighted by Gasteiger charge is 2.17. The van der Waals surface area contributed by atoms with Crippen LogP contribution in [-0.2, 0) is 10.0 Å². The molecule has 2 aromatic carbocycles. The first kappa shape index (κ1) is 20.0. The van der Waals surface area contributed by atoms with E-state index in [0.29, 0.717) is 12.3 Å². The topological polar surface area (TPSA) is 75.3 Å². The normalized spacial score (nSPS) is 11.6. The lowest BCUT2D eigenvalue weighted by atomic mass is 10.1. The summed E-state index contributed by atoms with van der Waals surface area (Å²) in [7, 11) is -3.82. The third kappa shape index (κ3) is 5.34. The van der Waals surface area contributed by atoms with Gasteiger partial charge in [0.05, 0.1) is 10.6 Å². The fourth-order valence-electron chi connectivity index (χ4n) is 2.13. The molecule has 0 heterocycles. The molecule has 2 rings (SSSR count). The third-order valence-corrected chi connectivity index (χ3v) is 5.08. The second-order valence-corrected chi connectivity index (χ2v) is 7.95. The van der Waals surface area contributed by atoms with Crippen molar-refractivity contribution in [1.82, 2.24) is 4.72 Å². The van der Waals surface area contributed by atoms with Gasteiger partial charge in [0.2, 0.25) is 10.0 Å². The van der Waals surface area contributed by atoms with Crippen LogP contribution in [-0.4, -0.2) is 20.9 Å². The highest BCUT2D eigenvalue weighted by molar-refractivity contribution is 7.89. The van der Waals surface area contributed by atoms with Crippen LogP contribution in [0.5, 0.6) is 0 Å². The van der Waals surface area contributed by atoms with E-state index in [4.69, 9.17) is 0 Å². The van der Waals surface area contributed by atoms with E-state index in [1.54, 1.807) is 0 Å². The van der Waals surface area contributed by atoms with Crippen LogP contribution in [0.3, 0.4) is 0 Å². The van der Waals surface area contributed by atoms with Crippen LogP contribution in [0.4, 0.5) is 14.5 Å². The van der Waals surface area contributed by atoms with Crippen molar-refractivity contribution in [3.8, 4) is 0 Å². The van der Waals surface area contributed by atoms with Crippen molar-refractivity contribution in [3.63, 3.8) is 0 Å². The molecule has 0 aliphatic carbocycles. The highest BCUT2D eigenvalue weighted by Crippen LogP contribution is 2.20. The van der Waals surface area contributed by atoms with Crippen molar-refractivity contribution in [3.05, 3.63) is 59.7 Å². The van der Waals surface area contributed by atoms with Gasteiger partial charge in [0.1, 0.15) is 11.6 Å². The molecule has 0 aliphatic heterocycles. The predicted octanol–water partition coefficient (Wildman–Crippen LogP) is 3.54. The number of benzene rings is 2. The average molecular weight is 382 g/mol. The van der Waals surface area contributed by atoms with Gasteiger partial charge in [0, 0.05) is 12.1 Å². The van der Waals surface area contributed by atoms with Gasteiger partial charge in [0.15, 0.2) is 0 Å². The van der Waals surface area contributed by atoms with Crippen LogP contribution in [0.2, 0.25) is 0 Å². The maximum absolute atomic E-state index is 14.2. The summed E-state index contributed by atoms with van der Waals surface area (Å²) < 4.78 is 53.8. The average Bonchev–Trinajstić information content (AvgIpc) is 2.56. The Labute approximate surface area is 151 Å². The zero-order valence-electron chi connectivity index (χ0n) is 14.4. The number of rotatable bonds is 7. The van der Waals surface area contributed by atoms with Crippen molar-refractivity contribution in [2.24, 2.45) is 5.92 Å². The molecule has 0 bridgehead atoms. The molecule has 0 fully saturated rings. The summed E-state index contributed by atoms with van der Waals surface area (Å²) in [6.07, 6.45) is 0.660. The molecule has 2 aromatic rings. The van der Waals surface area contributed by atoms with Gasteiger partial charge < -0.3 is 5.32 Å². The third-order valence-electron chi connectivity index (χ3n) is 3.62. The summed E-state index contributed by atoms with van der Waals surface area (Å²) in [5.74, 6) is -1.67. The minimum absolute atomic E-state index is 0.151. The monoisotopic (exact) mass is 382 g/mol. The Morgan fingerprint density at radius 3 is 2.31 bits per heavy atom. The lowest BCUT2D eigenvalue weighted by Crippen LogP contribution is -2.25. The van der Waals surface area contributed by atoms with E-state index in [-0.39, 0.29) is 22.7 Å². The number of sulfonamides is 1. The molecular weight excluding hydrogens is 362 g/mol. The lowest BCUT2D eigenvalue weighted by molar-refractivity contribution is 0.102. The van der Waals surface area contributed by atoms with E-state index in [2.05, 4.69) is 10.0 Å². The summed E-state index contributed by atoms with van der Waals surface area (Å²) in [5.41, 5.74) is -0.0155. The van der Waals surface area contributed by atoms with Gasteiger partial charge in [-0.25, -0.2) is 21.9 Å². The van der Waals surface area contributed by atoms with Crippen LogP contribution in [0, 0.1) is 17.6 Å². The molecule has 5 nitrogen and oxygen atoms in total. The number of nitrogens with one attached hydrogen (secondary N) is 2. The quantitative estimate of drug-likeness (QED) is 0.769. The molecule has 0 atom stereocenters. The highest BCUT2D eigenvalue weighted by atomic mass is 32.2. The fourth-order valence-corrected chi connectivity index (χ4v) is 3.18. The second kappa shape index (κ2) is 8.37. The second-order valence-electron chi connectivity index (χ2n) is 6.18. The molecule has 0 unspecified atom stereocenters. The van der Waals surface area contributed by atoms with Crippen molar-refractivity contribution < 1.29 is 22.0 Å². The SMILES string of the molecule is CC(C)CCNS(=O)(=O)c1ccc(NC(=O)c2ccc(F)cc2)c(F)c1. The van der Waals surface area contributed by atoms with Crippen LogP contribution >= 0.6 is 0 Å². The van der Waals surface area contributed by atoms with Crippen molar-refractivity contribution in [1.29, 1.82) is 0 Å². The molecule has 0 aliphatic rings. The van der Waals surface area contributed by atoms with Crippen LogP contribution in [0.1, 0.15) is 30.6 Å². The Kier molecular flexibility index (Phi) is 6.44. The van der Waals surface area contributed by atoms with E-state index in [1.165, 1.54) is 24.3 Å². The molecule has 26 heavy (non-hydrogen) atoms. The molecular formula is C18H20F2N2O3S. The van der Waals surface area contributed by atoms with Crippen molar-refractivity contribution in [2.45, 2.75) is 25.2 Å². The Hall–Kier alpha value is -2.32. The van der Waals surface area contributed by atoms with Crippen molar-refractivity contribution in [2.75, 3.05) is 11.9 Å². The Balaban J connectivity index is 2.11. The number of carbonyl (C=O) groups is 1. The van der Waals surface area contributed by atoms with E-state index in [9.17, 15) is 22.0 Å². The van der Waals surface area contributed by atoms with Crippen molar-refractivity contribution >= 4 is 21.6 Å². The molecule has 0 saturated carbocycles. The lowest BCUT2D eigenvalue weighted by Gasteiger charge is -2.11. The van der Waals surface area contributed by atoms with Crippen LogP contribution in [0.15, 0.2) is 47.4 Å². The van der Waals surface area contributed by atoms with Crippen LogP contribution in [0.25, 0.3) is 0 Å². The van der Waals surface area contributed by atoms with E-state index >= 15 is 0 Å². The van der Waals surface area contributed by atoms with Gasteiger partial charge in [-0.2, -0.15) is 0 Å². The van der Waals surface area contributed by atoms with Gasteiger partial charge >= 0.3 is 0 Å². The minimum atomic E-state index is -3.82. The first-order valence-corrected chi connectivity index (χ1v) is 9.53. The van der Waals surface area contributed by atoms with Gasteiger partial charge in [-0.15, -0.1) is 0 Å². The summed E-state index contributed by atoms with van der Waals surface area (Å²) in [6.45, 7) is 4.18. The van der Waals surface area contributed by atoms with Gasteiger partial charge in [-0.05, 0) is 54.8 Å². The van der Waals surface area contributed by atoms with Gasteiger partial charge in [0.25, 0.3) is 5.91 Å². The van der Waals surface area contributed by atoms with E-state index in [0.717, 1.165) is 18.2 Å². The Bertz CT molecular complexity index is 882. The largest absolute Gasteiger partial charge is 0.319 e. The van der Waals surface area contributed by atoms with Crippen LogP contribution < -0.4 is 10.0 Å². The predicted molar refractivity (Wildman–Crippen MR) is 95.4 cm³/mol. The van der Waals surface area contributed by atoms with E-state index < -0.39 is 27.6 Å². The zero-order valence-corrected chi connectivity index (χ0v) is 15.2. The molecule has 0 saturated heterocycles. The van der Waals surface area contributed by atoms with E-state index in [1.807, 2.05) is 13.8 Å². The number of hydrogen-bond donors (Lipinski definition) is 2. The summed E-state index contributed by atoms with van der Waals surface area (Å²) >= 11 is 0. The first-order chi connectivity index (χ1) is 12.2. The molecule has 0 radical (unpaired) electrons. The molecule has 8 heteroatoms. The summed E-state index contributed by atoms with van der Waals surface area (Å²) in [5, 5.41) is 2.33. The standard InChI is InChI=1S/C18H20F2N2O3S/c1-12(2)9-10-21-26(24,25)15-7-8-17(16(20)11-15)22-18(23)13-3-5-14(19)6-4-13/h3-8,11-12,21H,9-10H2,1-2H3,(H,22,23). The zero-order chi connectivity index (χ0) is 19.3. The maximum atomic E-state index is 14.2. The minimum Gasteiger partial charge on any atom is -0.319 e. The van der Waals surface area contributed by atoms with Gasteiger partial charge in [-0.1, -0.05) is 13.8 Å². The summed E-state index contributed by atoms with van der Waals surface area (Å²) in [6, 6.07) is 7.99.